The number of hydrogen-bond donors (Lipinski definition) is 1. The number of halogens is 4. The Morgan fingerprint density at radius 2 is 2.00 bits per heavy atom. The van der Waals surface area contributed by atoms with Gasteiger partial charge in [-0.25, -0.2) is 9.18 Å². The number of nitrogens with zero attached hydrogens (tertiary/aromatic N) is 2. The van der Waals surface area contributed by atoms with Gasteiger partial charge in [-0.2, -0.15) is 13.2 Å². The predicted octanol–water partition coefficient (Wildman–Crippen LogP) is 2.79. The third-order valence-electron chi connectivity index (χ3n) is 2.54. The zero-order valence-electron chi connectivity index (χ0n) is 9.86. The van der Waals surface area contributed by atoms with Crippen LogP contribution in [0.3, 0.4) is 0 Å². The van der Waals surface area contributed by atoms with Crippen molar-refractivity contribution in [3.05, 3.63) is 53.4 Å². The number of carboxylic acid groups (broad SMARTS) is 1. The van der Waals surface area contributed by atoms with Gasteiger partial charge in [0.05, 0.1) is 17.3 Å². The molecule has 0 saturated heterocycles. The second kappa shape index (κ2) is 4.95. The molecule has 0 aliphatic rings. The predicted molar refractivity (Wildman–Crippen MR) is 59.7 cm³/mol. The van der Waals surface area contributed by atoms with Crippen molar-refractivity contribution in [2.24, 2.45) is 0 Å². The first-order valence-electron chi connectivity index (χ1n) is 5.37. The fourth-order valence-electron chi connectivity index (χ4n) is 1.75. The number of carbonyl (C=O) groups is 1. The molecule has 0 atom stereocenters. The fourth-order valence-corrected chi connectivity index (χ4v) is 1.75. The number of alkyl halides is 3. The van der Waals surface area contributed by atoms with Crippen molar-refractivity contribution in [2.75, 3.05) is 0 Å². The lowest BCUT2D eigenvalue weighted by molar-refractivity contribution is -0.138. The molecule has 106 valence electrons. The summed E-state index contributed by atoms with van der Waals surface area (Å²) in [7, 11) is 0. The van der Waals surface area contributed by atoms with Crippen LogP contribution in [0.1, 0.15) is 21.5 Å². The van der Waals surface area contributed by atoms with E-state index in [9.17, 15) is 22.4 Å². The van der Waals surface area contributed by atoms with E-state index in [1.54, 1.807) is 0 Å². The molecule has 2 heterocycles. The van der Waals surface area contributed by atoms with Crippen LogP contribution in [0.25, 0.3) is 0 Å². The van der Waals surface area contributed by atoms with Crippen molar-refractivity contribution in [3.63, 3.8) is 0 Å². The largest absolute Gasteiger partial charge is 0.478 e. The first-order chi connectivity index (χ1) is 9.27. The number of rotatable bonds is 3. The molecule has 0 aliphatic carbocycles. The van der Waals surface area contributed by atoms with Gasteiger partial charge < -0.3 is 9.67 Å². The minimum absolute atomic E-state index is 0.110. The van der Waals surface area contributed by atoms with Gasteiger partial charge >= 0.3 is 12.1 Å². The van der Waals surface area contributed by atoms with Crippen LogP contribution in [0.5, 0.6) is 0 Å². The Bertz CT molecular complexity index is 649. The third kappa shape index (κ3) is 2.95. The molecule has 0 saturated carbocycles. The highest BCUT2D eigenvalue weighted by atomic mass is 19.4. The van der Waals surface area contributed by atoms with Crippen molar-refractivity contribution < 1.29 is 27.5 Å². The topological polar surface area (TPSA) is 55.1 Å². The second-order valence-corrected chi connectivity index (χ2v) is 4.07. The molecule has 20 heavy (non-hydrogen) atoms. The van der Waals surface area contributed by atoms with Crippen molar-refractivity contribution >= 4 is 5.97 Å². The number of carboxylic acids is 1. The standard InChI is InChI=1S/C12H8F4N2O2/c13-8-1-7(2-17-3-8)4-18-5-9(11(19)20)10(6-18)12(14,15)16/h1-3,5-6H,4H2,(H,19,20). The van der Waals surface area contributed by atoms with E-state index in [1.165, 1.54) is 6.20 Å². The zero-order chi connectivity index (χ0) is 14.9. The van der Waals surface area contributed by atoms with E-state index in [2.05, 4.69) is 4.98 Å². The van der Waals surface area contributed by atoms with Crippen LogP contribution in [-0.4, -0.2) is 20.6 Å². The molecule has 0 amide bonds. The normalized spacial score (nSPS) is 11.6. The van der Waals surface area contributed by atoms with E-state index < -0.39 is 29.1 Å². The van der Waals surface area contributed by atoms with E-state index in [0.717, 1.165) is 23.0 Å². The Hall–Kier alpha value is -2.38. The SMILES string of the molecule is O=C(O)c1cn(Cc2cncc(F)c2)cc1C(F)(F)F. The Balaban J connectivity index is 2.37. The maximum Gasteiger partial charge on any atom is 0.418 e. The molecule has 1 N–H and O–H groups in total. The lowest BCUT2D eigenvalue weighted by atomic mass is 10.2. The Kier molecular flexibility index (Phi) is 3.47. The van der Waals surface area contributed by atoms with Crippen LogP contribution in [0.2, 0.25) is 0 Å². The van der Waals surface area contributed by atoms with Gasteiger partial charge in [0.2, 0.25) is 0 Å². The van der Waals surface area contributed by atoms with Gasteiger partial charge in [0.1, 0.15) is 5.82 Å². The molecular formula is C12H8F4N2O2. The van der Waals surface area contributed by atoms with Crippen molar-refractivity contribution in [2.45, 2.75) is 12.7 Å². The minimum atomic E-state index is -4.76. The first-order valence-corrected chi connectivity index (χ1v) is 5.37. The molecule has 8 heteroatoms. The van der Waals surface area contributed by atoms with Crippen LogP contribution in [0.4, 0.5) is 17.6 Å². The fraction of sp³-hybridized carbons (Fsp3) is 0.167. The molecule has 0 aliphatic heterocycles. The monoisotopic (exact) mass is 288 g/mol. The molecular weight excluding hydrogens is 280 g/mol. The molecule has 0 fully saturated rings. The van der Waals surface area contributed by atoms with Gasteiger partial charge in [-0.15, -0.1) is 0 Å². The Morgan fingerprint density at radius 3 is 2.50 bits per heavy atom. The number of pyridine rings is 1. The van der Waals surface area contributed by atoms with Gasteiger partial charge in [-0.05, 0) is 11.6 Å². The minimum Gasteiger partial charge on any atom is -0.478 e. The molecule has 0 aromatic carbocycles. The first kappa shape index (κ1) is 14.0. The summed E-state index contributed by atoms with van der Waals surface area (Å²) in [6.07, 6.45) is -0.983. The van der Waals surface area contributed by atoms with Crippen LogP contribution in [0.15, 0.2) is 30.9 Å². The maximum absolute atomic E-state index is 12.9. The summed E-state index contributed by atoms with van der Waals surface area (Å²) in [4.78, 5) is 14.4. The van der Waals surface area contributed by atoms with Crippen molar-refractivity contribution in [1.29, 1.82) is 0 Å². The van der Waals surface area contributed by atoms with E-state index in [1.807, 2.05) is 0 Å². The van der Waals surface area contributed by atoms with Gasteiger partial charge in [-0.3, -0.25) is 4.98 Å². The van der Waals surface area contributed by atoms with Gasteiger partial charge in [0.15, 0.2) is 0 Å². The van der Waals surface area contributed by atoms with Crippen LogP contribution in [0, 0.1) is 5.82 Å². The van der Waals surface area contributed by atoms with Crippen molar-refractivity contribution in [1.82, 2.24) is 9.55 Å². The van der Waals surface area contributed by atoms with E-state index in [4.69, 9.17) is 5.11 Å². The lowest BCUT2D eigenvalue weighted by Crippen LogP contribution is -2.09. The van der Waals surface area contributed by atoms with E-state index in [-0.39, 0.29) is 6.54 Å². The highest BCUT2D eigenvalue weighted by Gasteiger charge is 2.36. The Morgan fingerprint density at radius 1 is 1.30 bits per heavy atom. The summed E-state index contributed by atoms with van der Waals surface area (Å²) < 4.78 is 52.0. The molecule has 4 nitrogen and oxygen atoms in total. The van der Waals surface area contributed by atoms with Gasteiger partial charge in [0.25, 0.3) is 0 Å². The molecule has 0 spiro atoms. The number of aromatic carboxylic acids is 1. The van der Waals surface area contributed by atoms with Gasteiger partial charge in [0, 0.05) is 25.1 Å². The quantitative estimate of drug-likeness (QED) is 0.884. The summed E-state index contributed by atoms with van der Waals surface area (Å²) in [5.74, 6) is -2.29. The molecule has 2 aromatic heterocycles. The maximum atomic E-state index is 12.9. The van der Waals surface area contributed by atoms with Crippen LogP contribution < -0.4 is 0 Å². The molecule has 0 unspecified atom stereocenters. The number of aromatic nitrogens is 2. The summed E-state index contributed by atoms with van der Waals surface area (Å²) in [6, 6.07) is 1.11. The second-order valence-electron chi connectivity index (χ2n) is 4.07. The molecule has 2 aromatic rings. The summed E-state index contributed by atoms with van der Waals surface area (Å²) in [5.41, 5.74) is -1.76. The average molecular weight is 288 g/mol. The summed E-state index contributed by atoms with van der Waals surface area (Å²) in [6.45, 7) is -0.110. The smallest absolute Gasteiger partial charge is 0.418 e. The zero-order valence-corrected chi connectivity index (χ0v) is 9.86. The van der Waals surface area contributed by atoms with Crippen molar-refractivity contribution in [3.8, 4) is 0 Å². The summed E-state index contributed by atoms with van der Waals surface area (Å²) in [5, 5.41) is 8.77. The van der Waals surface area contributed by atoms with Gasteiger partial charge in [-0.1, -0.05) is 0 Å². The van der Waals surface area contributed by atoms with Crippen LogP contribution in [-0.2, 0) is 12.7 Å². The third-order valence-corrected chi connectivity index (χ3v) is 2.54. The average Bonchev–Trinajstić information content (AvgIpc) is 2.73. The lowest BCUT2D eigenvalue weighted by Gasteiger charge is -2.04. The molecule has 2 rings (SSSR count). The van der Waals surface area contributed by atoms with E-state index in [0.29, 0.717) is 11.8 Å². The number of hydrogen-bond acceptors (Lipinski definition) is 2. The molecule has 0 radical (unpaired) electrons. The van der Waals surface area contributed by atoms with Crippen LogP contribution >= 0.6 is 0 Å². The van der Waals surface area contributed by atoms with E-state index >= 15 is 0 Å². The molecule has 0 bridgehead atoms. The highest BCUT2D eigenvalue weighted by molar-refractivity contribution is 5.89. The summed E-state index contributed by atoms with van der Waals surface area (Å²) >= 11 is 0. The highest BCUT2D eigenvalue weighted by Crippen LogP contribution is 2.32. The Labute approximate surface area is 110 Å².